The van der Waals surface area contributed by atoms with Gasteiger partial charge in [0.25, 0.3) is 0 Å². The summed E-state index contributed by atoms with van der Waals surface area (Å²) in [5.41, 5.74) is 0.246. The molecule has 116 valence electrons. The number of benzene rings is 1. The Morgan fingerprint density at radius 2 is 2.05 bits per heavy atom. The van der Waals surface area contributed by atoms with E-state index in [1.807, 2.05) is 4.90 Å². The summed E-state index contributed by atoms with van der Waals surface area (Å²) < 4.78 is 25.9. The number of halogens is 2. The molecule has 1 unspecified atom stereocenters. The monoisotopic (exact) mass is 298 g/mol. The van der Waals surface area contributed by atoms with E-state index in [-0.39, 0.29) is 24.2 Å². The summed E-state index contributed by atoms with van der Waals surface area (Å²) in [5, 5.41) is 11.7. The highest BCUT2D eigenvalue weighted by atomic mass is 19.2. The maximum absolute atomic E-state index is 13.1. The van der Waals surface area contributed by atoms with Crippen molar-refractivity contribution in [2.24, 2.45) is 5.92 Å². The van der Waals surface area contributed by atoms with Crippen LogP contribution in [0.3, 0.4) is 0 Å². The molecule has 0 bridgehead atoms. The number of anilines is 1. The molecule has 1 fully saturated rings. The number of hydrogen-bond donors (Lipinski definition) is 2. The van der Waals surface area contributed by atoms with Crippen LogP contribution in [0.2, 0.25) is 0 Å². The fourth-order valence-electron chi connectivity index (χ4n) is 2.51. The van der Waals surface area contributed by atoms with Crippen molar-refractivity contribution in [1.29, 1.82) is 0 Å². The number of carbonyl (C=O) groups is 1. The molecule has 6 heteroatoms. The van der Waals surface area contributed by atoms with Crippen LogP contribution in [0, 0.1) is 17.6 Å². The number of likely N-dealkylation sites (tertiary alicyclic amines) is 1. The van der Waals surface area contributed by atoms with E-state index >= 15 is 0 Å². The normalized spacial score (nSPS) is 18.5. The molecule has 1 aliphatic rings. The van der Waals surface area contributed by atoms with Crippen LogP contribution in [0.15, 0.2) is 18.2 Å². The molecule has 2 rings (SSSR count). The Kier molecular flexibility index (Phi) is 5.25. The van der Waals surface area contributed by atoms with Gasteiger partial charge in [-0.3, -0.25) is 9.69 Å². The van der Waals surface area contributed by atoms with Crippen LogP contribution in [0.4, 0.5) is 14.5 Å². The zero-order chi connectivity index (χ0) is 15.4. The first kappa shape index (κ1) is 15.9. The summed E-state index contributed by atoms with van der Waals surface area (Å²) in [5.74, 6) is -1.86. The smallest absolute Gasteiger partial charge is 0.241 e. The Morgan fingerprint density at radius 1 is 1.38 bits per heavy atom. The number of carbonyl (C=O) groups excluding carboxylic acids is 1. The van der Waals surface area contributed by atoms with Gasteiger partial charge in [0.2, 0.25) is 5.91 Å². The molecule has 1 aliphatic heterocycles. The van der Waals surface area contributed by atoms with Crippen molar-refractivity contribution in [2.45, 2.75) is 25.8 Å². The maximum Gasteiger partial charge on any atom is 0.241 e. The van der Waals surface area contributed by atoms with Gasteiger partial charge in [0, 0.05) is 18.4 Å². The predicted molar refractivity (Wildman–Crippen MR) is 75.8 cm³/mol. The summed E-state index contributed by atoms with van der Waals surface area (Å²) in [6.45, 7) is 3.47. The molecule has 0 aliphatic carbocycles. The Labute approximate surface area is 122 Å². The molecule has 0 spiro atoms. The second-order valence-corrected chi connectivity index (χ2v) is 5.46. The Bertz CT molecular complexity index is 502. The molecular weight excluding hydrogens is 278 g/mol. The van der Waals surface area contributed by atoms with E-state index in [1.54, 1.807) is 6.92 Å². The molecule has 4 nitrogen and oxygen atoms in total. The lowest BCUT2D eigenvalue weighted by Crippen LogP contribution is -2.46. The van der Waals surface area contributed by atoms with Crippen LogP contribution in [-0.4, -0.2) is 41.7 Å². The lowest BCUT2D eigenvalue weighted by atomic mass is 9.97. The van der Waals surface area contributed by atoms with Crippen LogP contribution in [0.25, 0.3) is 0 Å². The minimum Gasteiger partial charge on any atom is -0.396 e. The Hall–Kier alpha value is -1.53. The fraction of sp³-hybridized carbons (Fsp3) is 0.533. The van der Waals surface area contributed by atoms with Gasteiger partial charge in [-0.25, -0.2) is 8.78 Å². The van der Waals surface area contributed by atoms with Crippen LogP contribution in [-0.2, 0) is 4.79 Å². The lowest BCUT2D eigenvalue weighted by Gasteiger charge is -2.34. The van der Waals surface area contributed by atoms with Crippen LogP contribution >= 0.6 is 0 Å². The van der Waals surface area contributed by atoms with Gasteiger partial charge in [-0.15, -0.1) is 0 Å². The van der Waals surface area contributed by atoms with Crippen LogP contribution < -0.4 is 5.32 Å². The van der Waals surface area contributed by atoms with E-state index < -0.39 is 11.6 Å². The first-order chi connectivity index (χ1) is 10.0. The quantitative estimate of drug-likeness (QED) is 0.894. The molecule has 0 aromatic heterocycles. The minimum absolute atomic E-state index is 0.184. The highest BCUT2D eigenvalue weighted by molar-refractivity contribution is 5.94. The lowest BCUT2D eigenvalue weighted by molar-refractivity contribution is -0.121. The van der Waals surface area contributed by atoms with Crippen molar-refractivity contribution in [3.8, 4) is 0 Å². The third-order valence-corrected chi connectivity index (χ3v) is 4.02. The van der Waals surface area contributed by atoms with Crippen molar-refractivity contribution < 1.29 is 18.7 Å². The zero-order valence-corrected chi connectivity index (χ0v) is 12.0. The molecule has 1 aromatic carbocycles. The predicted octanol–water partition coefficient (Wildman–Crippen LogP) is 2.00. The molecule has 0 saturated carbocycles. The zero-order valence-electron chi connectivity index (χ0n) is 12.0. The van der Waals surface area contributed by atoms with Gasteiger partial charge in [0.05, 0.1) is 6.04 Å². The third-order valence-electron chi connectivity index (χ3n) is 4.02. The van der Waals surface area contributed by atoms with Crippen LogP contribution in [0.5, 0.6) is 0 Å². The third kappa shape index (κ3) is 3.98. The standard InChI is InChI=1S/C15H20F2N2O2/c1-10(19-6-4-11(9-20)5-7-19)15(21)18-12-2-3-13(16)14(17)8-12/h2-3,8,10-11,20H,4-7,9H2,1H3,(H,18,21). The molecule has 1 atom stereocenters. The van der Waals surface area contributed by atoms with Gasteiger partial charge < -0.3 is 10.4 Å². The van der Waals surface area contributed by atoms with Crippen molar-refractivity contribution in [1.82, 2.24) is 4.90 Å². The number of piperidine rings is 1. The van der Waals surface area contributed by atoms with Gasteiger partial charge >= 0.3 is 0 Å². The summed E-state index contributed by atoms with van der Waals surface area (Å²) in [7, 11) is 0. The Balaban J connectivity index is 1.92. The summed E-state index contributed by atoms with van der Waals surface area (Å²) in [4.78, 5) is 14.2. The van der Waals surface area contributed by atoms with E-state index in [2.05, 4.69) is 5.32 Å². The first-order valence-corrected chi connectivity index (χ1v) is 7.12. The fourth-order valence-corrected chi connectivity index (χ4v) is 2.51. The topological polar surface area (TPSA) is 52.6 Å². The number of rotatable bonds is 4. The molecule has 2 N–H and O–H groups in total. The number of aliphatic hydroxyl groups is 1. The van der Waals surface area contributed by atoms with Crippen LogP contribution in [0.1, 0.15) is 19.8 Å². The highest BCUT2D eigenvalue weighted by Gasteiger charge is 2.26. The minimum atomic E-state index is -0.982. The number of nitrogens with one attached hydrogen (secondary N) is 1. The summed E-state index contributed by atoms with van der Waals surface area (Å²) in [6.07, 6.45) is 1.72. The average molecular weight is 298 g/mol. The SMILES string of the molecule is CC(C(=O)Nc1ccc(F)c(F)c1)N1CCC(CO)CC1. The van der Waals surface area contributed by atoms with Crippen molar-refractivity contribution >= 4 is 11.6 Å². The molecule has 1 aromatic rings. The van der Waals surface area contributed by atoms with E-state index in [9.17, 15) is 13.6 Å². The van der Waals surface area contributed by atoms with Crippen molar-refractivity contribution in [2.75, 3.05) is 25.0 Å². The van der Waals surface area contributed by atoms with E-state index in [1.165, 1.54) is 6.07 Å². The number of hydrogen-bond acceptors (Lipinski definition) is 3. The molecule has 0 radical (unpaired) electrons. The second kappa shape index (κ2) is 6.95. The van der Waals surface area contributed by atoms with Gasteiger partial charge in [-0.2, -0.15) is 0 Å². The van der Waals surface area contributed by atoms with Gasteiger partial charge in [0.1, 0.15) is 0 Å². The van der Waals surface area contributed by atoms with Gasteiger partial charge in [-0.1, -0.05) is 0 Å². The van der Waals surface area contributed by atoms with E-state index in [0.29, 0.717) is 5.92 Å². The molecule has 21 heavy (non-hydrogen) atoms. The molecule has 1 heterocycles. The number of amides is 1. The highest BCUT2D eigenvalue weighted by Crippen LogP contribution is 2.19. The van der Waals surface area contributed by atoms with Crippen molar-refractivity contribution in [3.05, 3.63) is 29.8 Å². The molecular formula is C15H20F2N2O2. The number of aliphatic hydroxyl groups excluding tert-OH is 1. The van der Waals surface area contributed by atoms with Gasteiger partial charge in [-0.05, 0) is 50.9 Å². The first-order valence-electron chi connectivity index (χ1n) is 7.12. The Morgan fingerprint density at radius 3 is 2.62 bits per heavy atom. The summed E-state index contributed by atoms with van der Waals surface area (Å²) in [6, 6.07) is 2.94. The average Bonchev–Trinajstić information content (AvgIpc) is 2.50. The largest absolute Gasteiger partial charge is 0.396 e. The van der Waals surface area contributed by atoms with E-state index in [4.69, 9.17) is 5.11 Å². The second-order valence-electron chi connectivity index (χ2n) is 5.46. The van der Waals surface area contributed by atoms with Crippen molar-refractivity contribution in [3.63, 3.8) is 0 Å². The maximum atomic E-state index is 13.1. The molecule has 1 amide bonds. The van der Waals surface area contributed by atoms with Gasteiger partial charge in [0.15, 0.2) is 11.6 Å². The summed E-state index contributed by atoms with van der Waals surface area (Å²) >= 11 is 0. The molecule has 1 saturated heterocycles. The number of nitrogens with zero attached hydrogens (tertiary/aromatic N) is 1. The van der Waals surface area contributed by atoms with E-state index in [0.717, 1.165) is 38.1 Å².